The Morgan fingerprint density at radius 2 is 1.90 bits per heavy atom. The number of rotatable bonds is 7. The maximum absolute atomic E-state index is 12.3. The molecule has 1 aromatic carbocycles. The summed E-state index contributed by atoms with van der Waals surface area (Å²) in [6, 6.07) is 3.43. The summed E-state index contributed by atoms with van der Waals surface area (Å²) in [6.07, 6.45) is -2.22. The van der Waals surface area contributed by atoms with Gasteiger partial charge in [-0.15, -0.1) is 0 Å². The van der Waals surface area contributed by atoms with Gasteiger partial charge >= 0.3 is 18.6 Å². The molecule has 1 unspecified atom stereocenters. The normalized spacial score (nSPS) is 12.2. The third-order valence-corrected chi connectivity index (χ3v) is 2.47. The van der Waals surface area contributed by atoms with Crippen LogP contribution < -0.4 is 4.74 Å². The standard InChI is InChI=1S/C12H12F2O6/c13-12(14)20-8-5-7(10(17)11(18)19)2-1-6(8)3-4-9(15)16/h1-2,5,10,12,17H,3-4H2,(H,15,16)(H,18,19). The highest BCUT2D eigenvalue weighted by molar-refractivity contribution is 5.74. The molecular weight excluding hydrogens is 278 g/mol. The Morgan fingerprint density at radius 1 is 1.25 bits per heavy atom. The molecule has 20 heavy (non-hydrogen) atoms. The van der Waals surface area contributed by atoms with Gasteiger partial charge in [0.25, 0.3) is 0 Å². The van der Waals surface area contributed by atoms with Crippen molar-refractivity contribution in [2.24, 2.45) is 0 Å². The van der Waals surface area contributed by atoms with Crippen molar-refractivity contribution >= 4 is 11.9 Å². The van der Waals surface area contributed by atoms with E-state index in [0.717, 1.165) is 6.07 Å². The minimum Gasteiger partial charge on any atom is -0.481 e. The average Bonchev–Trinajstić information content (AvgIpc) is 2.35. The summed E-state index contributed by atoms with van der Waals surface area (Å²) in [5, 5.41) is 26.5. The van der Waals surface area contributed by atoms with Gasteiger partial charge in [0, 0.05) is 6.42 Å². The van der Waals surface area contributed by atoms with Gasteiger partial charge in [-0.05, 0) is 23.6 Å². The number of halogens is 2. The van der Waals surface area contributed by atoms with Crippen molar-refractivity contribution in [1.29, 1.82) is 0 Å². The Kier molecular flexibility index (Phi) is 5.39. The molecule has 0 radical (unpaired) electrons. The van der Waals surface area contributed by atoms with Crippen molar-refractivity contribution in [2.75, 3.05) is 0 Å². The zero-order valence-corrected chi connectivity index (χ0v) is 10.1. The molecule has 0 aliphatic rings. The van der Waals surface area contributed by atoms with Crippen LogP contribution in [0.2, 0.25) is 0 Å². The van der Waals surface area contributed by atoms with E-state index >= 15 is 0 Å². The van der Waals surface area contributed by atoms with Crippen molar-refractivity contribution in [2.45, 2.75) is 25.6 Å². The Hall–Kier alpha value is -2.22. The largest absolute Gasteiger partial charge is 0.481 e. The third-order valence-electron chi connectivity index (χ3n) is 2.47. The van der Waals surface area contributed by atoms with E-state index in [0.29, 0.717) is 0 Å². The van der Waals surface area contributed by atoms with Gasteiger partial charge in [0.2, 0.25) is 0 Å². The molecule has 0 aliphatic carbocycles. The van der Waals surface area contributed by atoms with Gasteiger partial charge in [0.05, 0.1) is 0 Å². The highest BCUT2D eigenvalue weighted by Crippen LogP contribution is 2.27. The highest BCUT2D eigenvalue weighted by Gasteiger charge is 2.19. The van der Waals surface area contributed by atoms with Crippen molar-refractivity contribution in [3.8, 4) is 5.75 Å². The molecule has 0 aromatic heterocycles. The zero-order valence-electron chi connectivity index (χ0n) is 10.1. The number of carboxylic acid groups (broad SMARTS) is 2. The van der Waals surface area contributed by atoms with Crippen molar-refractivity contribution < 1.29 is 38.4 Å². The number of ether oxygens (including phenoxy) is 1. The maximum atomic E-state index is 12.3. The topological polar surface area (TPSA) is 104 Å². The van der Waals surface area contributed by atoms with E-state index in [1.165, 1.54) is 12.1 Å². The zero-order chi connectivity index (χ0) is 15.3. The number of benzene rings is 1. The van der Waals surface area contributed by atoms with Crippen LogP contribution in [0.25, 0.3) is 0 Å². The van der Waals surface area contributed by atoms with Gasteiger partial charge in [-0.1, -0.05) is 12.1 Å². The fourth-order valence-corrected chi connectivity index (χ4v) is 1.54. The van der Waals surface area contributed by atoms with Crippen LogP contribution in [0.5, 0.6) is 5.75 Å². The number of aliphatic carboxylic acids is 2. The van der Waals surface area contributed by atoms with E-state index < -0.39 is 24.7 Å². The summed E-state index contributed by atoms with van der Waals surface area (Å²) in [5.41, 5.74) is 0.0567. The number of aliphatic hydroxyl groups excluding tert-OH is 1. The first kappa shape index (κ1) is 15.8. The quantitative estimate of drug-likeness (QED) is 0.701. The Morgan fingerprint density at radius 3 is 2.40 bits per heavy atom. The number of carboxylic acids is 2. The molecule has 6 nitrogen and oxygen atoms in total. The summed E-state index contributed by atoms with van der Waals surface area (Å²) in [5.74, 6) is -2.99. The smallest absolute Gasteiger partial charge is 0.387 e. The minimum absolute atomic E-state index is 0.0547. The third kappa shape index (κ3) is 4.47. The van der Waals surface area contributed by atoms with Crippen LogP contribution in [-0.4, -0.2) is 33.9 Å². The number of aliphatic hydroxyl groups is 1. The molecule has 0 heterocycles. The molecule has 0 fully saturated rings. The number of alkyl halides is 2. The molecule has 1 rings (SSSR count). The summed E-state index contributed by atoms with van der Waals surface area (Å²) >= 11 is 0. The van der Waals surface area contributed by atoms with E-state index in [1.807, 2.05) is 0 Å². The van der Waals surface area contributed by atoms with Crippen LogP contribution in [0.1, 0.15) is 23.7 Å². The number of aryl methyl sites for hydroxylation is 1. The summed E-state index contributed by atoms with van der Waals surface area (Å²) in [4.78, 5) is 21.1. The van der Waals surface area contributed by atoms with E-state index in [4.69, 9.17) is 10.2 Å². The van der Waals surface area contributed by atoms with E-state index in [2.05, 4.69) is 4.74 Å². The number of hydrogen-bond donors (Lipinski definition) is 3. The molecule has 8 heteroatoms. The molecule has 0 spiro atoms. The van der Waals surface area contributed by atoms with Gasteiger partial charge < -0.3 is 20.1 Å². The lowest BCUT2D eigenvalue weighted by molar-refractivity contribution is -0.147. The maximum Gasteiger partial charge on any atom is 0.387 e. The first-order valence-electron chi connectivity index (χ1n) is 5.51. The van der Waals surface area contributed by atoms with E-state index in [-0.39, 0.29) is 29.7 Å². The second-order valence-corrected chi connectivity index (χ2v) is 3.88. The SMILES string of the molecule is O=C(O)CCc1ccc(C(O)C(=O)O)cc1OC(F)F. The first-order chi connectivity index (χ1) is 9.31. The number of hydrogen-bond acceptors (Lipinski definition) is 4. The Bertz CT molecular complexity index is 503. The molecule has 0 amide bonds. The van der Waals surface area contributed by atoms with Crippen LogP contribution in [-0.2, 0) is 16.0 Å². The van der Waals surface area contributed by atoms with Gasteiger partial charge in [-0.2, -0.15) is 8.78 Å². The first-order valence-corrected chi connectivity index (χ1v) is 5.51. The molecule has 110 valence electrons. The van der Waals surface area contributed by atoms with Gasteiger partial charge in [-0.25, -0.2) is 4.79 Å². The van der Waals surface area contributed by atoms with E-state index in [9.17, 15) is 23.5 Å². The molecule has 0 saturated heterocycles. The second kappa shape index (κ2) is 6.80. The van der Waals surface area contributed by atoms with Crippen LogP contribution in [0.4, 0.5) is 8.78 Å². The molecule has 0 bridgehead atoms. The monoisotopic (exact) mass is 290 g/mol. The van der Waals surface area contributed by atoms with Gasteiger partial charge in [0.1, 0.15) is 5.75 Å². The van der Waals surface area contributed by atoms with Crippen molar-refractivity contribution in [3.05, 3.63) is 29.3 Å². The lowest BCUT2D eigenvalue weighted by atomic mass is 10.0. The molecule has 1 aromatic rings. The Labute approximate surface area is 112 Å². The average molecular weight is 290 g/mol. The molecule has 1 atom stereocenters. The lowest BCUT2D eigenvalue weighted by Crippen LogP contribution is -2.12. The summed E-state index contributed by atoms with van der Waals surface area (Å²) in [6.45, 7) is -3.14. The predicted octanol–water partition coefficient (Wildman–Crippen LogP) is 1.42. The minimum atomic E-state index is -3.14. The van der Waals surface area contributed by atoms with Crippen molar-refractivity contribution in [1.82, 2.24) is 0 Å². The van der Waals surface area contributed by atoms with Crippen LogP contribution >= 0.6 is 0 Å². The van der Waals surface area contributed by atoms with Gasteiger partial charge in [-0.3, -0.25) is 4.79 Å². The second-order valence-electron chi connectivity index (χ2n) is 3.88. The number of carbonyl (C=O) groups is 2. The predicted molar refractivity (Wildman–Crippen MR) is 61.6 cm³/mol. The molecule has 3 N–H and O–H groups in total. The fourth-order valence-electron chi connectivity index (χ4n) is 1.54. The summed E-state index contributed by atoms with van der Waals surface area (Å²) in [7, 11) is 0. The van der Waals surface area contributed by atoms with Crippen molar-refractivity contribution in [3.63, 3.8) is 0 Å². The molecule has 0 saturated carbocycles. The van der Waals surface area contributed by atoms with E-state index in [1.54, 1.807) is 0 Å². The Balaban J connectivity index is 3.05. The van der Waals surface area contributed by atoms with Crippen LogP contribution in [0, 0.1) is 0 Å². The molecule has 0 aliphatic heterocycles. The van der Waals surface area contributed by atoms with Crippen LogP contribution in [0.3, 0.4) is 0 Å². The van der Waals surface area contributed by atoms with Crippen LogP contribution in [0.15, 0.2) is 18.2 Å². The summed E-state index contributed by atoms with van der Waals surface area (Å²) < 4.78 is 28.8. The van der Waals surface area contributed by atoms with Gasteiger partial charge in [0.15, 0.2) is 6.10 Å². The fraction of sp³-hybridized carbons (Fsp3) is 0.333. The molecular formula is C12H12F2O6. The lowest BCUT2D eigenvalue weighted by Gasteiger charge is -2.13. The highest BCUT2D eigenvalue weighted by atomic mass is 19.3.